The molecule has 0 aliphatic rings. The zero-order valence-electron chi connectivity index (χ0n) is 8.56. The van der Waals surface area contributed by atoms with Crippen LogP contribution in [0.5, 0.6) is 0 Å². The van der Waals surface area contributed by atoms with Crippen molar-refractivity contribution in [2.45, 2.75) is 6.92 Å². The number of alkyl halides is 1. The highest BCUT2D eigenvalue weighted by Gasteiger charge is 1.83. The Morgan fingerprint density at radius 1 is 1.42 bits per heavy atom. The molecule has 0 atom stereocenters. The van der Waals surface area contributed by atoms with Crippen LogP contribution < -0.4 is 0 Å². The third-order valence-electron chi connectivity index (χ3n) is 0.570. The summed E-state index contributed by atoms with van der Waals surface area (Å²) in [5.74, 6) is 0. The SMILES string of the molecule is C=C(C)COCCBr.CN(C)C. The van der Waals surface area contributed by atoms with Crippen molar-refractivity contribution in [1.82, 2.24) is 4.90 Å². The highest BCUT2D eigenvalue weighted by Crippen LogP contribution is 1.88. The normalized spacial score (nSPS) is 9.17. The zero-order valence-corrected chi connectivity index (χ0v) is 10.1. The van der Waals surface area contributed by atoms with E-state index in [2.05, 4.69) is 22.5 Å². The van der Waals surface area contributed by atoms with E-state index < -0.39 is 0 Å². The van der Waals surface area contributed by atoms with Crippen molar-refractivity contribution >= 4 is 15.9 Å². The van der Waals surface area contributed by atoms with Gasteiger partial charge in [0.05, 0.1) is 13.2 Å². The number of rotatable bonds is 4. The molecule has 0 amide bonds. The molecule has 0 aliphatic carbocycles. The molecule has 0 bridgehead atoms. The molecule has 0 fully saturated rings. The Kier molecular flexibility index (Phi) is 13.6. The summed E-state index contributed by atoms with van der Waals surface area (Å²) in [5.41, 5.74) is 1.07. The van der Waals surface area contributed by atoms with E-state index >= 15 is 0 Å². The molecule has 0 saturated heterocycles. The second-order valence-electron chi connectivity index (χ2n) is 3.04. The summed E-state index contributed by atoms with van der Waals surface area (Å²) in [6.07, 6.45) is 0. The Balaban J connectivity index is 0. The predicted octanol–water partition coefficient (Wildman–Crippen LogP) is 2.15. The van der Waals surface area contributed by atoms with E-state index in [-0.39, 0.29) is 0 Å². The van der Waals surface area contributed by atoms with Gasteiger partial charge in [-0.3, -0.25) is 0 Å². The van der Waals surface area contributed by atoms with E-state index in [1.54, 1.807) is 0 Å². The predicted molar refractivity (Wildman–Crippen MR) is 59.0 cm³/mol. The second-order valence-corrected chi connectivity index (χ2v) is 3.83. The summed E-state index contributed by atoms with van der Waals surface area (Å²) in [5, 5.41) is 0.903. The van der Waals surface area contributed by atoms with Crippen molar-refractivity contribution in [3.63, 3.8) is 0 Å². The third kappa shape index (κ3) is 32.1. The van der Waals surface area contributed by atoms with Gasteiger partial charge in [-0.1, -0.05) is 28.1 Å². The number of ether oxygens (including phenoxy) is 1. The minimum Gasteiger partial charge on any atom is -0.376 e. The first-order valence-corrected chi connectivity index (χ1v) is 5.01. The van der Waals surface area contributed by atoms with E-state index in [1.807, 2.05) is 33.0 Å². The molecule has 0 aliphatic heterocycles. The Hall–Kier alpha value is 0.140. The van der Waals surface area contributed by atoms with Crippen LogP contribution in [-0.2, 0) is 4.74 Å². The summed E-state index contributed by atoms with van der Waals surface area (Å²) in [7, 11) is 6.00. The Morgan fingerprint density at radius 2 is 1.83 bits per heavy atom. The summed E-state index contributed by atoms with van der Waals surface area (Å²) in [4.78, 5) is 2.00. The van der Waals surface area contributed by atoms with Gasteiger partial charge < -0.3 is 9.64 Å². The lowest BCUT2D eigenvalue weighted by atomic mass is 10.4. The van der Waals surface area contributed by atoms with Gasteiger partial charge in [0.25, 0.3) is 0 Å². The molecular weight excluding hydrogens is 218 g/mol. The van der Waals surface area contributed by atoms with Crippen LogP contribution in [0.3, 0.4) is 0 Å². The molecule has 0 saturated carbocycles. The van der Waals surface area contributed by atoms with Gasteiger partial charge in [-0.15, -0.1) is 0 Å². The van der Waals surface area contributed by atoms with Gasteiger partial charge in [0.15, 0.2) is 0 Å². The van der Waals surface area contributed by atoms with Crippen LogP contribution in [0.4, 0.5) is 0 Å². The standard InChI is InChI=1S/C6H11BrO.C3H9N/c1-6(2)5-8-4-3-7;1-4(2)3/h1,3-5H2,2H3;1-3H3. The maximum absolute atomic E-state index is 5.10. The number of nitrogens with zero attached hydrogens (tertiary/aromatic N) is 1. The quantitative estimate of drug-likeness (QED) is 0.422. The Labute approximate surface area is 84.7 Å². The van der Waals surface area contributed by atoms with Gasteiger partial charge in [0.2, 0.25) is 0 Å². The fourth-order valence-corrected chi connectivity index (χ4v) is 0.530. The van der Waals surface area contributed by atoms with E-state index in [0.29, 0.717) is 6.61 Å². The average molecular weight is 238 g/mol. The topological polar surface area (TPSA) is 12.5 Å². The van der Waals surface area contributed by atoms with E-state index in [1.165, 1.54) is 0 Å². The first kappa shape index (κ1) is 14.7. The summed E-state index contributed by atoms with van der Waals surface area (Å²) < 4.78 is 5.10. The van der Waals surface area contributed by atoms with Gasteiger partial charge in [0.1, 0.15) is 0 Å². The summed E-state index contributed by atoms with van der Waals surface area (Å²) in [6, 6.07) is 0. The van der Waals surface area contributed by atoms with Crippen LogP contribution >= 0.6 is 15.9 Å². The van der Waals surface area contributed by atoms with Crippen molar-refractivity contribution in [2.75, 3.05) is 39.7 Å². The van der Waals surface area contributed by atoms with Crippen LogP contribution in [0.15, 0.2) is 12.2 Å². The van der Waals surface area contributed by atoms with Gasteiger partial charge in [-0.05, 0) is 28.1 Å². The molecule has 0 aromatic heterocycles. The molecule has 0 rings (SSSR count). The molecule has 12 heavy (non-hydrogen) atoms. The molecule has 0 aromatic carbocycles. The smallest absolute Gasteiger partial charge is 0.0671 e. The first-order chi connectivity index (χ1) is 5.50. The van der Waals surface area contributed by atoms with Gasteiger partial charge >= 0.3 is 0 Å². The fourth-order valence-electron chi connectivity index (χ4n) is 0.301. The molecule has 0 N–H and O–H groups in total. The molecule has 3 heteroatoms. The number of hydrogen-bond donors (Lipinski definition) is 0. The van der Waals surface area contributed by atoms with Crippen molar-refractivity contribution < 1.29 is 4.74 Å². The van der Waals surface area contributed by atoms with Crippen LogP contribution in [-0.4, -0.2) is 44.6 Å². The van der Waals surface area contributed by atoms with Crippen molar-refractivity contribution in [3.05, 3.63) is 12.2 Å². The fraction of sp³-hybridized carbons (Fsp3) is 0.778. The lowest BCUT2D eigenvalue weighted by Gasteiger charge is -1.97. The van der Waals surface area contributed by atoms with Crippen molar-refractivity contribution in [2.24, 2.45) is 0 Å². The Morgan fingerprint density at radius 3 is 2.08 bits per heavy atom. The average Bonchev–Trinajstić information content (AvgIpc) is 1.86. The lowest BCUT2D eigenvalue weighted by Crippen LogP contribution is -1.99. The van der Waals surface area contributed by atoms with Crippen LogP contribution in [0, 0.1) is 0 Å². The van der Waals surface area contributed by atoms with Gasteiger partial charge in [-0.2, -0.15) is 0 Å². The minimum absolute atomic E-state index is 0.686. The molecule has 0 spiro atoms. The lowest BCUT2D eigenvalue weighted by molar-refractivity contribution is 0.174. The number of halogens is 1. The molecule has 2 nitrogen and oxygen atoms in total. The monoisotopic (exact) mass is 237 g/mol. The van der Waals surface area contributed by atoms with Crippen molar-refractivity contribution in [1.29, 1.82) is 0 Å². The zero-order chi connectivity index (χ0) is 9.98. The third-order valence-corrected chi connectivity index (χ3v) is 0.894. The van der Waals surface area contributed by atoms with Crippen LogP contribution in [0.25, 0.3) is 0 Å². The molecule has 0 unspecified atom stereocenters. The molecule has 74 valence electrons. The number of hydrogen-bond acceptors (Lipinski definition) is 2. The molecule has 0 heterocycles. The summed E-state index contributed by atoms with van der Waals surface area (Å²) >= 11 is 3.24. The maximum Gasteiger partial charge on any atom is 0.0671 e. The van der Waals surface area contributed by atoms with Crippen LogP contribution in [0.1, 0.15) is 6.92 Å². The maximum atomic E-state index is 5.10. The molecule has 0 aromatic rings. The largest absolute Gasteiger partial charge is 0.376 e. The highest BCUT2D eigenvalue weighted by molar-refractivity contribution is 9.09. The van der Waals surface area contributed by atoms with E-state index in [9.17, 15) is 0 Å². The van der Waals surface area contributed by atoms with Gasteiger partial charge in [-0.25, -0.2) is 0 Å². The van der Waals surface area contributed by atoms with E-state index in [0.717, 1.165) is 17.5 Å². The van der Waals surface area contributed by atoms with Crippen LogP contribution in [0.2, 0.25) is 0 Å². The second kappa shape index (κ2) is 11.1. The molecular formula is C9H20BrNO. The summed E-state index contributed by atoms with van der Waals surface area (Å²) in [6.45, 7) is 7.10. The van der Waals surface area contributed by atoms with Crippen molar-refractivity contribution in [3.8, 4) is 0 Å². The minimum atomic E-state index is 0.686. The highest BCUT2D eigenvalue weighted by atomic mass is 79.9. The first-order valence-electron chi connectivity index (χ1n) is 3.89. The van der Waals surface area contributed by atoms with Gasteiger partial charge in [0, 0.05) is 5.33 Å². The Bertz CT molecular complexity index is 102. The van der Waals surface area contributed by atoms with E-state index in [4.69, 9.17) is 4.74 Å². The molecule has 0 radical (unpaired) electrons.